The molecule has 0 saturated carbocycles. The average Bonchev–Trinajstić information content (AvgIpc) is 2.31. The smallest absolute Gasteiger partial charge is 0.275 e. The Morgan fingerprint density at radius 2 is 2.05 bits per heavy atom. The van der Waals surface area contributed by atoms with Crippen LogP contribution in [-0.2, 0) is 0 Å². The zero-order chi connectivity index (χ0) is 15.3. The second kappa shape index (κ2) is 6.42. The van der Waals surface area contributed by atoms with Gasteiger partial charge in [0.1, 0.15) is 0 Å². The second-order valence-corrected chi connectivity index (χ2v) is 4.11. The summed E-state index contributed by atoms with van der Waals surface area (Å²) in [6.07, 6.45) is 0.897. The van der Waals surface area contributed by atoms with Gasteiger partial charge in [0.05, 0.1) is 11.1 Å². The van der Waals surface area contributed by atoms with E-state index >= 15 is 0 Å². The molecule has 1 rings (SSSR count). The predicted molar refractivity (Wildman–Crippen MR) is 69.6 cm³/mol. The van der Waals surface area contributed by atoms with Crippen molar-refractivity contribution in [1.29, 1.82) is 0 Å². The Morgan fingerprint density at radius 1 is 1.40 bits per heavy atom. The van der Waals surface area contributed by atoms with Crippen LogP contribution in [0.25, 0.3) is 0 Å². The van der Waals surface area contributed by atoms with Crippen molar-refractivity contribution >= 4 is 33.8 Å². The van der Waals surface area contributed by atoms with Crippen molar-refractivity contribution in [3.63, 3.8) is 0 Å². The van der Waals surface area contributed by atoms with Crippen molar-refractivity contribution in [2.45, 2.75) is 0 Å². The number of hydrogen-bond donors (Lipinski definition) is 2. The molecular weight excluding hydrogens is 340 g/mol. The van der Waals surface area contributed by atoms with E-state index in [1.807, 2.05) is 0 Å². The molecule has 1 aromatic carbocycles. The lowest BCUT2D eigenvalue weighted by atomic mass is 10.2. The number of hydrazine groups is 1. The maximum atomic E-state index is 11.7. The molecule has 0 aliphatic rings. The third-order valence-electron chi connectivity index (χ3n) is 1.83. The van der Waals surface area contributed by atoms with Gasteiger partial charge in [0.15, 0.2) is 5.03 Å². The normalized spacial score (nSPS) is 11.6. The SMILES string of the molecule is NC(=N/N=C\c1cc(Br)cc([N+](=O)[O-])c1[O-])N[N+](=O)[O-]. The summed E-state index contributed by atoms with van der Waals surface area (Å²) in [6, 6.07) is 2.33. The highest BCUT2D eigenvalue weighted by atomic mass is 79.9. The van der Waals surface area contributed by atoms with Crippen LogP contribution in [0.4, 0.5) is 5.69 Å². The van der Waals surface area contributed by atoms with Gasteiger partial charge in [-0.1, -0.05) is 21.4 Å². The van der Waals surface area contributed by atoms with Gasteiger partial charge in [0.2, 0.25) is 0 Å². The fourth-order valence-corrected chi connectivity index (χ4v) is 1.56. The summed E-state index contributed by atoms with van der Waals surface area (Å²) in [6.45, 7) is 0. The number of guanidine groups is 1. The Hall–Kier alpha value is -2.76. The molecule has 0 radical (unpaired) electrons. The van der Waals surface area contributed by atoms with Gasteiger partial charge < -0.3 is 10.8 Å². The number of nitro groups is 2. The number of rotatable bonds is 4. The summed E-state index contributed by atoms with van der Waals surface area (Å²) in [7, 11) is 0. The topological polar surface area (TPSA) is 172 Å². The predicted octanol–water partition coefficient (Wildman–Crippen LogP) is -0.139. The van der Waals surface area contributed by atoms with E-state index in [2.05, 4.69) is 26.1 Å². The molecular formula is C8H6BrN6O5-. The summed E-state index contributed by atoms with van der Waals surface area (Å²) in [5, 5.41) is 37.9. The summed E-state index contributed by atoms with van der Waals surface area (Å²) in [4.78, 5) is 19.8. The number of nitrogens with one attached hydrogen (secondary N) is 1. The molecule has 0 heterocycles. The lowest BCUT2D eigenvalue weighted by molar-refractivity contribution is -0.525. The lowest BCUT2D eigenvalue weighted by Crippen LogP contribution is -2.35. The number of halogens is 1. The van der Waals surface area contributed by atoms with Gasteiger partial charge in [0, 0.05) is 10.5 Å². The largest absolute Gasteiger partial charge is 0.867 e. The summed E-state index contributed by atoms with van der Waals surface area (Å²) >= 11 is 3.00. The Bertz CT molecular complexity index is 616. The van der Waals surface area contributed by atoms with Gasteiger partial charge in [-0.25, -0.2) is 10.1 Å². The molecule has 0 spiro atoms. The van der Waals surface area contributed by atoms with Crippen molar-refractivity contribution in [3.05, 3.63) is 42.4 Å². The third-order valence-corrected chi connectivity index (χ3v) is 2.29. The molecule has 0 aliphatic heterocycles. The molecule has 11 nitrogen and oxygen atoms in total. The summed E-state index contributed by atoms with van der Waals surface area (Å²) in [5.41, 5.74) is 5.84. The van der Waals surface area contributed by atoms with Crippen molar-refractivity contribution in [2.75, 3.05) is 0 Å². The number of nitrogens with zero attached hydrogens (tertiary/aromatic N) is 4. The van der Waals surface area contributed by atoms with E-state index in [1.165, 1.54) is 11.5 Å². The van der Waals surface area contributed by atoms with E-state index in [9.17, 15) is 25.3 Å². The first-order chi connectivity index (χ1) is 9.31. The molecule has 0 aromatic heterocycles. The maximum absolute atomic E-state index is 11.7. The zero-order valence-corrected chi connectivity index (χ0v) is 11.1. The van der Waals surface area contributed by atoms with E-state index < -0.39 is 27.4 Å². The zero-order valence-electron chi connectivity index (χ0n) is 9.52. The van der Waals surface area contributed by atoms with Crippen LogP contribution in [0, 0.1) is 20.2 Å². The number of benzene rings is 1. The van der Waals surface area contributed by atoms with Gasteiger partial charge in [-0.2, -0.15) is 5.10 Å². The first-order valence-electron chi connectivity index (χ1n) is 4.73. The molecule has 0 saturated heterocycles. The van der Waals surface area contributed by atoms with Crippen LogP contribution < -0.4 is 16.3 Å². The monoisotopic (exact) mass is 345 g/mol. The lowest BCUT2D eigenvalue weighted by Gasteiger charge is -2.10. The minimum atomic E-state index is -0.947. The van der Waals surface area contributed by atoms with Crippen molar-refractivity contribution in [3.8, 4) is 5.75 Å². The Morgan fingerprint density at radius 3 is 2.60 bits per heavy atom. The standard InChI is InChI=1S/C8H7BrN6O5/c9-5-1-4(7(16)6(2-5)14(17)18)3-11-12-8(10)13-15(19)20/h1-3,16H,(H3,10,12,13)/p-1/b11-3-. The molecule has 3 N–H and O–H groups in total. The molecule has 1 aromatic rings. The molecule has 0 aliphatic carbocycles. The van der Waals surface area contributed by atoms with Gasteiger partial charge in [-0.15, -0.1) is 5.10 Å². The minimum absolute atomic E-state index is 0.122. The number of nitrogens with two attached hydrogens (primary N) is 1. The molecule has 12 heteroatoms. The fraction of sp³-hybridized carbons (Fsp3) is 0. The van der Waals surface area contributed by atoms with E-state index in [0.29, 0.717) is 4.47 Å². The molecule has 0 unspecified atom stereocenters. The number of nitro benzene ring substituents is 1. The Balaban J connectivity index is 3.04. The highest BCUT2D eigenvalue weighted by Gasteiger charge is 2.11. The van der Waals surface area contributed by atoms with E-state index in [-0.39, 0.29) is 5.56 Å². The molecule has 0 atom stereocenters. The first-order valence-corrected chi connectivity index (χ1v) is 5.53. The summed E-state index contributed by atoms with van der Waals surface area (Å²) in [5.74, 6) is -1.47. The average molecular weight is 346 g/mol. The fourth-order valence-electron chi connectivity index (χ4n) is 1.10. The van der Waals surface area contributed by atoms with Crippen LogP contribution in [0.2, 0.25) is 0 Å². The summed E-state index contributed by atoms with van der Waals surface area (Å²) < 4.78 is 0.297. The molecule has 0 amide bonds. The minimum Gasteiger partial charge on any atom is -0.867 e. The highest BCUT2D eigenvalue weighted by molar-refractivity contribution is 9.10. The van der Waals surface area contributed by atoms with Gasteiger partial charge in [-0.05, 0) is 17.4 Å². The van der Waals surface area contributed by atoms with Crippen LogP contribution in [0.3, 0.4) is 0 Å². The molecule has 106 valence electrons. The molecule has 20 heavy (non-hydrogen) atoms. The van der Waals surface area contributed by atoms with E-state index in [1.54, 1.807) is 0 Å². The van der Waals surface area contributed by atoms with Crippen LogP contribution in [0.5, 0.6) is 5.75 Å². The van der Waals surface area contributed by atoms with Crippen LogP contribution in [-0.4, -0.2) is 22.1 Å². The van der Waals surface area contributed by atoms with E-state index in [0.717, 1.165) is 12.3 Å². The Labute approximate surface area is 119 Å². The van der Waals surface area contributed by atoms with Crippen LogP contribution in [0.15, 0.2) is 26.8 Å². The molecule has 0 bridgehead atoms. The van der Waals surface area contributed by atoms with Crippen LogP contribution >= 0.6 is 15.9 Å². The van der Waals surface area contributed by atoms with Crippen molar-refractivity contribution in [2.24, 2.45) is 15.9 Å². The Kier molecular flexibility index (Phi) is 4.91. The maximum Gasteiger partial charge on any atom is 0.275 e. The quantitative estimate of drug-likeness (QED) is 0.330. The highest BCUT2D eigenvalue weighted by Crippen LogP contribution is 2.30. The van der Waals surface area contributed by atoms with Crippen molar-refractivity contribution in [1.82, 2.24) is 5.43 Å². The van der Waals surface area contributed by atoms with Crippen LogP contribution in [0.1, 0.15) is 5.56 Å². The third kappa shape index (κ3) is 4.16. The number of hydrogen-bond acceptors (Lipinski definition) is 7. The van der Waals surface area contributed by atoms with Crippen molar-refractivity contribution < 1.29 is 15.1 Å². The van der Waals surface area contributed by atoms with Gasteiger partial charge >= 0.3 is 0 Å². The first kappa shape index (κ1) is 15.3. The van der Waals surface area contributed by atoms with E-state index in [4.69, 9.17) is 5.73 Å². The molecule has 0 fully saturated rings. The van der Waals surface area contributed by atoms with Gasteiger partial charge in [0.25, 0.3) is 11.6 Å². The van der Waals surface area contributed by atoms with Gasteiger partial charge in [-0.3, -0.25) is 10.1 Å². The second-order valence-electron chi connectivity index (χ2n) is 3.20.